The van der Waals surface area contributed by atoms with Crippen LogP contribution in [0, 0.1) is 5.82 Å². The van der Waals surface area contributed by atoms with E-state index in [0.717, 1.165) is 18.6 Å². The molecule has 0 aromatic heterocycles. The maximum absolute atomic E-state index is 13.4. The number of phenols is 1. The number of carbonyl (C=O) groups excluding carboxylic acids is 1. The second kappa shape index (κ2) is 6.72. The van der Waals surface area contributed by atoms with E-state index in [1.54, 1.807) is 0 Å². The van der Waals surface area contributed by atoms with Crippen molar-refractivity contribution in [2.24, 2.45) is 0 Å². The molecule has 0 heterocycles. The van der Waals surface area contributed by atoms with Crippen molar-refractivity contribution >= 4 is 11.9 Å². The summed E-state index contributed by atoms with van der Waals surface area (Å²) in [5.41, 5.74) is -0.291. The van der Waals surface area contributed by atoms with Gasteiger partial charge in [0.1, 0.15) is 17.6 Å². The number of benzene rings is 1. The molecule has 1 aromatic carbocycles. The van der Waals surface area contributed by atoms with Gasteiger partial charge in [-0.05, 0) is 18.6 Å². The highest BCUT2D eigenvalue weighted by atomic mass is 19.1. The Morgan fingerprint density at radius 3 is 2.63 bits per heavy atom. The summed E-state index contributed by atoms with van der Waals surface area (Å²) >= 11 is 0. The van der Waals surface area contributed by atoms with Gasteiger partial charge >= 0.3 is 5.97 Å². The van der Waals surface area contributed by atoms with Crippen molar-refractivity contribution in [2.75, 3.05) is 0 Å². The highest BCUT2D eigenvalue weighted by Crippen LogP contribution is 2.15. The van der Waals surface area contributed by atoms with E-state index in [1.807, 2.05) is 6.92 Å². The third-order valence-corrected chi connectivity index (χ3v) is 2.65. The Morgan fingerprint density at radius 1 is 1.42 bits per heavy atom. The largest absolute Gasteiger partial charge is 0.508 e. The van der Waals surface area contributed by atoms with Gasteiger partial charge in [-0.2, -0.15) is 0 Å². The van der Waals surface area contributed by atoms with Crippen molar-refractivity contribution in [1.82, 2.24) is 5.32 Å². The fraction of sp³-hybridized carbons (Fsp3) is 0.385. The zero-order valence-electron chi connectivity index (χ0n) is 10.5. The minimum absolute atomic E-state index is 0.289. The molecule has 0 saturated heterocycles. The Kier molecular flexibility index (Phi) is 5.29. The number of amides is 1. The summed E-state index contributed by atoms with van der Waals surface area (Å²) in [4.78, 5) is 22.7. The van der Waals surface area contributed by atoms with E-state index in [9.17, 15) is 14.0 Å². The number of rotatable bonds is 6. The van der Waals surface area contributed by atoms with Crippen LogP contribution in [-0.2, 0) is 4.79 Å². The summed E-state index contributed by atoms with van der Waals surface area (Å²) in [6.45, 7) is 1.90. The minimum Gasteiger partial charge on any atom is -0.508 e. The summed E-state index contributed by atoms with van der Waals surface area (Å²) in [7, 11) is 0. The standard InChI is InChI=1S/C13H16FNO4/c1-2-3-4-11(13(18)19)15-12(17)9-6-5-8(16)7-10(9)14/h5-7,11,16H,2-4H2,1H3,(H,15,17)(H,18,19)/t11-/m0/s1. The van der Waals surface area contributed by atoms with Crippen molar-refractivity contribution in [3.63, 3.8) is 0 Å². The van der Waals surface area contributed by atoms with Crippen LogP contribution in [0.4, 0.5) is 4.39 Å². The number of hydrogen-bond donors (Lipinski definition) is 3. The van der Waals surface area contributed by atoms with Gasteiger partial charge in [0.25, 0.3) is 5.91 Å². The third-order valence-electron chi connectivity index (χ3n) is 2.65. The number of carboxylic acids is 1. The molecule has 6 heteroatoms. The predicted molar refractivity (Wildman–Crippen MR) is 66.5 cm³/mol. The van der Waals surface area contributed by atoms with E-state index in [-0.39, 0.29) is 17.7 Å². The van der Waals surface area contributed by atoms with E-state index in [2.05, 4.69) is 5.32 Å². The van der Waals surface area contributed by atoms with Crippen LogP contribution in [0.3, 0.4) is 0 Å². The van der Waals surface area contributed by atoms with Gasteiger partial charge in [-0.25, -0.2) is 9.18 Å². The second-order valence-corrected chi connectivity index (χ2v) is 4.17. The van der Waals surface area contributed by atoms with Gasteiger partial charge in [-0.3, -0.25) is 4.79 Å². The molecule has 0 aliphatic carbocycles. The van der Waals surface area contributed by atoms with Gasteiger partial charge in [0.15, 0.2) is 0 Å². The van der Waals surface area contributed by atoms with E-state index in [4.69, 9.17) is 10.2 Å². The molecular formula is C13H16FNO4. The molecule has 104 valence electrons. The minimum atomic E-state index is -1.15. The van der Waals surface area contributed by atoms with Crippen molar-refractivity contribution in [3.8, 4) is 5.75 Å². The molecule has 0 saturated carbocycles. The average Bonchev–Trinajstić information content (AvgIpc) is 2.33. The topological polar surface area (TPSA) is 86.6 Å². The van der Waals surface area contributed by atoms with E-state index in [0.29, 0.717) is 6.42 Å². The second-order valence-electron chi connectivity index (χ2n) is 4.17. The Labute approximate surface area is 110 Å². The first-order chi connectivity index (χ1) is 8.95. The third kappa shape index (κ3) is 4.24. The Hall–Kier alpha value is -2.11. The van der Waals surface area contributed by atoms with Crippen molar-refractivity contribution < 1.29 is 24.2 Å². The molecule has 1 rings (SSSR count). The summed E-state index contributed by atoms with van der Waals surface area (Å²) in [6.07, 6.45) is 1.74. The first-order valence-electron chi connectivity index (χ1n) is 5.98. The highest BCUT2D eigenvalue weighted by Gasteiger charge is 2.21. The van der Waals surface area contributed by atoms with E-state index in [1.165, 1.54) is 6.07 Å². The van der Waals surface area contributed by atoms with Gasteiger partial charge in [0.2, 0.25) is 0 Å². The van der Waals surface area contributed by atoms with Gasteiger partial charge in [-0.15, -0.1) is 0 Å². The summed E-state index contributed by atoms with van der Waals surface area (Å²) in [5, 5.41) is 20.3. The Bertz CT molecular complexity index is 476. The fourth-order valence-electron chi connectivity index (χ4n) is 1.59. The highest BCUT2D eigenvalue weighted by molar-refractivity contribution is 5.96. The maximum atomic E-state index is 13.4. The van der Waals surface area contributed by atoms with Crippen LogP contribution in [0.15, 0.2) is 18.2 Å². The number of phenolic OH excluding ortho intramolecular Hbond substituents is 1. The molecule has 0 radical (unpaired) electrons. The zero-order valence-corrected chi connectivity index (χ0v) is 10.5. The van der Waals surface area contributed by atoms with Gasteiger partial charge < -0.3 is 15.5 Å². The van der Waals surface area contributed by atoms with Crippen LogP contribution < -0.4 is 5.32 Å². The SMILES string of the molecule is CCCC[C@H](NC(=O)c1ccc(O)cc1F)C(=O)O. The summed E-state index contributed by atoms with van der Waals surface area (Å²) in [6, 6.07) is 2.04. The van der Waals surface area contributed by atoms with Crippen molar-refractivity contribution in [2.45, 2.75) is 32.2 Å². The summed E-state index contributed by atoms with van der Waals surface area (Å²) in [5.74, 6) is -3.14. The molecule has 0 unspecified atom stereocenters. The van der Waals surface area contributed by atoms with Crippen LogP contribution in [0.5, 0.6) is 5.75 Å². The van der Waals surface area contributed by atoms with Crippen LogP contribution in [0.2, 0.25) is 0 Å². The lowest BCUT2D eigenvalue weighted by Crippen LogP contribution is -2.41. The van der Waals surface area contributed by atoms with Gasteiger partial charge in [0, 0.05) is 6.07 Å². The van der Waals surface area contributed by atoms with Crippen molar-refractivity contribution in [1.29, 1.82) is 0 Å². The number of halogens is 1. The predicted octanol–water partition coefficient (Wildman–Crippen LogP) is 1.90. The van der Waals surface area contributed by atoms with E-state index < -0.39 is 23.7 Å². The lowest BCUT2D eigenvalue weighted by molar-refractivity contribution is -0.139. The van der Waals surface area contributed by atoms with E-state index >= 15 is 0 Å². The lowest BCUT2D eigenvalue weighted by atomic mass is 10.1. The summed E-state index contributed by atoms with van der Waals surface area (Å²) < 4.78 is 13.4. The molecule has 5 nitrogen and oxygen atoms in total. The van der Waals surface area contributed by atoms with Crippen molar-refractivity contribution in [3.05, 3.63) is 29.6 Å². The smallest absolute Gasteiger partial charge is 0.326 e. The average molecular weight is 269 g/mol. The molecule has 3 N–H and O–H groups in total. The number of hydrogen-bond acceptors (Lipinski definition) is 3. The molecule has 0 aliphatic rings. The molecule has 0 spiro atoms. The zero-order chi connectivity index (χ0) is 14.4. The number of carboxylic acid groups (broad SMARTS) is 1. The molecule has 1 aromatic rings. The molecule has 1 atom stereocenters. The number of nitrogens with one attached hydrogen (secondary N) is 1. The number of aromatic hydroxyl groups is 1. The Balaban J connectivity index is 2.78. The first-order valence-corrected chi connectivity index (χ1v) is 5.98. The molecule has 19 heavy (non-hydrogen) atoms. The van der Waals surface area contributed by atoms with Crippen LogP contribution in [0.1, 0.15) is 36.5 Å². The molecule has 0 aliphatic heterocycles. The van der Waals surface area contributed by atoms with Gasteiger partial charge in [0.05, 0.1) is 5.56 Å². The lowest BCUT2D eigenvalue weighted by Gasteiger charge is -2.14. The number of unbranched alkanes of at least 4 members (excludes halogenated alkanes) is 1. The van der Waals surface area contributed by atoms with Crippen LogP contribution in [0.25, 0.3) is 0 Å². The number of carbonyl (C=O) groups is 2. The van der Waals surface area contributed by atoms with Crippen LogP contribution >= 0.6 is 0 Å². The monoisotopic (exact) mass is 269 g/mol. The maximum Gasteiger partial charge on any atom is 0.326 e. The molecule has 0 fully saturated rings. The molecule has 0 bridgehead atoms. The van der Waals surface area contributed by atoms with Gasteiger partial charge in [-0.1, -0.05) is 19.8 Å². The quantitative estimate of drug-likeness (QED) is 0.736. The van der Waals surface area contributed by atoms with Crippen LogP contribution in [-0.4, -0.2) is 28.1 Å². The fourth-order valence-corrected chi connectivity index (χ4v) is 1.59. The molecular weight excluding hydrogens is 253 g/mol. The molecule has 1 amide bonds. The number of aliphatic carboxylic acids is 1. The normalized spacial score (nSPS) is 11.9. The Morgan fingerprint density at radius 2 is 2.11 bits per heavy atom. The first kappa shape index (κ1) is 14.9.